The van der Waals surface area contributed by atoms with Crippen LogP contribution in [-0.2, 0) is 14.3 Å². The Kier molecular flexibility index (Phi) is 5.80. The Hall–Kier alpha value is -1.36. The number of carbonyl (C=O) groups excluding carboxylic acids is 2. The Morgan fingerprint density at radius 1 is 1.03 bits per heavy atom. The summed E-state index contributed by atoms with van der Waals surface area (Å²) in [5.74, 6) is 1.83. The van der Waals surface area contributed by atoms with Gasteiger partial charge in [-0.2, -0.15) is 0 Å². The van der Waals surface area contributed by atoms with Crippen molar-refractivity contribution < 1.29 is 19.1 Å². The second-order valence-electron chi connectivity index (χ2n) is 9.96. The number of ether oxygens (including phenoxy) is 2. The van der Waals surface area contributed by atoms with Crippen LogP contribution in [0.5, 0.6) is 0 Å². The third-order valence-corrected chi connectivity index (χ3v) is 7.83. The van der Waals surface area contributed by atoms with Gasteiger partial charge in [-0.3, -0.25) is 4.79 Å². The Morgan fingerprint density at radius 3 is 2.10 bits per heavy atom. The van der Waals surface area contributed by atoms with Crippen LogP contribution in [-0.4, -0.2) is 25.2 Å². The van der Waals surface area contributed by atoms with Gasteiger partial charge in [0.25, 0.3) is 0 Å². The summed E-state index contributed by atoms with van der Waals surface area (Å²) in [6.45, 7) is 4.17. The Bertz CT molecular complexity index is 736. The van der Waals surface area contributed by atoms with Gasteiger partial charge in [-0.25, -0.2) is 4.79 Å². The van der Waals surface area contributed by atoms with Gasteiger partial charge in [-0.15, -0.1) is 0 Å². The van der Waals surface area contributed by atoms with Crippen LogP contribution in [0.2, 0.25) is 0 Å². The van der Waals surface area contributed by atoms with E-state index in [0.29, 0.717) is 12.2 Å². The molecule has 1 atom stereocenters. The number of halogens is 1. The van der Waals surface area contributed by atoms with Gasteiger partial charge in [0, 0.05) is 4.47 Å². The van der Waals surface area contributed by atoms with Gasteiger partial charge in [0.05, 0.1) is 17.6 Å². The van der Waals surface area contributed by atoms with E-state index < -0.39 is 11.4 Å². The molecule has 158 valence electrons. The first-order chi connectivity index (χ1) is 13.8. The zero-order chi connectivity index (χ0) is 20.6. The van der Waals surface area contributed by atoms with Crippen LogP contribution >= 0.6 is 15.9 Å². The number of hydrogen-bond donors (Lipinski definition) is 0. The zero-order valence-corrected chi connectivity index (χ0v) is 19.0. The van der Waals surface area contributed by atoms with Gasteiger partial charge in [0.1, 0.15) is 6.61 Å². The van der Waals surface area contributed by atoms with E-state index in [1.54, 1.807) is 12.1 Å². The fourth-order valence-electron chi connectivity index (χ4n) is 6.72. The second kappa shape index (κ2) is 8.05. The van der Waals surface area contributed by atoms with Crippen molar-refractivity contribution in [2.24, 2.45) is 28.6 Å². The summed E-state index contributed by atoms with van der Waals surface area (Å²) in [6.07, 6.45) is 8.52. The highest BCUT2D eigenvalue weighted by Crippen LogP contribution is 2.63. The van der Waals surface area contributed by atoms with Crippen LogP contribution in [0.15, 0.2) is 28.7 Å². The minimum absolute atomic E-state index is 0.0719. The summed E-state index contributed by atoms with van der Waals surface area (Å²) in [5, 5.41) is 0. The van der Waals surface area contributed by atoms with E-state index in [1.807, 2.05) is 26.0 Å². The Balaban J connectivity index is 1.49. The first kappa shape index (κ1) is 20.9. The third-order valence-electron chi connectivity index (χ3n) is 7.30. The molecule has 1 aromatic rings. The van der Waals surface area contributed by atoms with Crippen LogP contribution in [0.1, 0.15) is 69.2 Å². The van der Waals surface area contributed by atoms with Crippen molar-refractivity contribution in [2.45, 2.75) is 58.8 Å². The second-order valence-corrected chi connectivity index (χ2v) is 10.9. The molecule has 0 aromatic heterocycles. The minimum atomic E-state index is -0.799. The molecule has 0 amide bonds. The van der Waals surface area contributed by atoms with Gasteiger partial charge in [0.2, 0.25) is 0 Å². The quantitative estimate of drug-likeness (QED) is 0.481. The van der Waals surface area contributed by atoms with E-state index in [1.165, 1.54) is 38.5 Å². The molecule has 0 unspecified atom stereocenters. The van der Waals surface area contributed by atoms with E-state index in [0.717, 1.165) is 28.6 Å². The van der Waals surface area contributed by atoms with E-state index in [9.17, 15) is 9.59 Å². The molecule has 4 aliphatic carbocycles. The highest BCUT2D eigenvalue weighted by Gasteiger charge is 2.54. The molecule has 0 saturated heterocycles. The van der Waals surface area contributed by atoms with Crippen molar-refractivity contribution in [3.05, 3.63) is 34.3 Å². The highest BCUT2D eigenvalue weighted by molar-refractivity contribution is 9.10. The molecule has 4 saturated carbocycles. The van der Waals surface area contributed by atoms with Crippen LogP contribution in [0.25, 0.3) is 0 Å². The Morgan fingerprint density at radius 2 is 1.59 bits per heavy atom. The molecule has 0 spiro atoms. The lowest BCUT2D eigenvalue weighted by atomic mass is 9.47. The first-order valence-electron chi connectivity index (χ1n) is 10.9. The minimum Gasteiger partial charge on any atom is -0.465 e. The lowest BCUT2D eigenvalue weighted by Crippen LogP contribution is -2.50. The van der Waals surface area contributed by atoms with E-state index >= 15 is 0 Å². The maximum absolute atomic E-state index is 13.0. The molecule has 4 nitrogen and oxygen atoms in total. The first-order valence-corrected chi connectivity index (χ1v) is 11.7. The molecule has 0 radical (unpaired) electrons. The molecule has 1 aromatic carbocycles. The summed E-state index contributed by atoms with van der Waals surface area (Å²) in [4.78, 5) is 25.5. The highest BCUT2D eigenvalue weighted by atomic mass is 79.9. The number of esters is 2. The molecule has 29 heavy (non-hydrogen) atoms. The lowest BCUT2D eigenvalue weighted by Gasteiger charge is -2.58. The summed E-state index contributed by atoms with van der Waals surface area (Å²) in [5.41, 5.74) is -0.0957. The van der Waals surface area contributed by atoms with Crippen molar-refractivity contribution in [2.75, 3.05) is 13.2 Å². The summed E-state index contributed by atoms with van der Waals surface area (Å²) in [6, 6.07) is 7.09. The van der Waals surface area contributed by atoms with E-state index in [2.05, 4.69) is 15.9 Å². The SMILES string of the molecule is CCOC(=O)[C@](C)(COC(=O)c1ccc(Br)cc1)CC12CC3CC(CC(C3)C1)C2. The maximum Gasteiger partial charge on any atom is 0.338 e. The molecular formula is C24H31BrO4. The topological polar surface area (TPSA) is 52.6 Å². The van der Waals surface area contributed by atoms with Crippen molar-refractivity contribution in [3.63, 3.8) is 0 Å². The lowest BCUT2D eigenvalue weighted by molar-refractivity contribution is -0.164. The normalized spacial score (nSPS) is 31.9. The number of hydrogen-bond acceptors (Lipinski definition) is 4. The monoisotopic (exact) mass is 462 g/mol. The standard InChI is InChI=1S/C24H31BrO4/c1-3-28-22(27)23(2,15-29-21(26)19-4-6-20(25)7-5-19)14-24-11-16-8-17(12-24)10-18(9-16)13-24/h4-7,16-18H,3,8-15H2,1-2H3/t16?,17?,18?,23-,24?/m0/s1. The molecule has 0 N–H and O–H groups in total. The predicted octanol–water partition coefficient (Wildman–Crippen LogP) is 5.78. The number of rotatable bonds is 7. The molecular weight excluding hydrogens is 432 g/mol. The smallest absolute Gasteiger partial charge is 0.338 e. The molecule has 5 rings (SSSR count). The van der Waals surface area contributed by atoms with E-state index in [-0.39, 0.29) is 18.0 Å². The average Bonchev–Trinajstić information content (AvgIpc) is 2.65. The fraction of sp³-hybridized carbons (Fsp3) is 0.667. The number of carbonyl (C=O) groups is 2. The van der Waals surface area contributed by atoms with Gasteiger partial charge in [-0.05, 0) is 106 Å². The fourth-order valence-corrected chi connectivity index (χ4v) is 6.98. The maximum atomic E-state index is 13.0. The third kappa shape index (κ3) is 4.40. The van der Waals surface area contributed by atoms with Gasteiger partial charge in [0.15, 0.2) is 0 Å². The molecule has 5 heteroatoms. The van der Waals surface area contributed by atoms with Crippen molar-refractivity contribution in [3.8, 4) is 0 Å². The molecule has 4 bridgehead atoms. The van der Waals surface area contributed by atoms with Crippen molar-refractivity contribution in [1.82, 2.24) is 0 Å². The predicted molar refractivity (Wildman–Crippen MR) is 114 cm³/mol. The Labute approximate surface area is 181 Å². The van der Waals surface area contributed by atoms with E-state index in [4.69, 9.17) is 9.47 Å². The molecule has 0 heterocycles. The zero-order valence-electron chi connectivity index (χ0n) is 17.4. The summed E-state index contributed by atoms with van der Waals surface area (Å²) < 4.78 is 12.0. The van der Waals surface area contributed by atoms with Crippen LogP contribution in [0.3, 0.4) is 0 Å². The summed E-state index contributed by atoms with van der Waals surface area (Å²) in [7, 11) is 0. The largest absolute Gasteiger partial charge is 0.465 e. The van der Waals surface area contributed by atoms with Crippen molar-refractivity contribution in [1.29, 1.82) is 0 Å². The van der Waals surface area contributed by atoms with Crippen LogP contribution < -0.4 is 0 Å². The van der Waals surface area contributed by atoms with Crippen LogP contribution in [0, 0.1) is 28.6 Å². The summed E-state index contributed by atoms with van der Waals surface area (Å²) >= 11 is 3.38. The van der Waals surface area contributed by atoms with Crippen molar-refractivity contribution >= 4 is 27.9 Å². The van der Waals surface area contributed by atoms with Crippen LogP contribution in [0.4, 0.5) is 0 Å². The average molecular weight is 463 g/mol. The number of benzene rings is 1. The molecule has 4 aliphatic rings. The molecule has 4 fully saturated rings. The van der Waals surface area contributed by atoms with Gasteiger partial charge >= 0.3 is 11.9 Å². The van der Waals surface area contributed by atoms with Gasteiger partial charge in [-0.1, -0.05) is 15.9 Å². The molecule has 0 aliphatic heterocycles. The van der Waals surface area contributed by atoms with Gasteiger partial charge < -0.3 is 9.47 Å².